The summed E-state index contributed by atoms with van der Waals surface area (Å²) < 4.78 is 6.47. The zero-order valence-corrected chi connectivity index (χ0v) is 28.3. The van der Waals surface area contributed by atoms with Gasteiger partial charge in [-0.1, -0.05) is 152 Å². The highest BCUT2D eigenvalue weighted by Crippen LogP contribution is 2.37. The molecule has 0 saturated heterocycles. The maximum absolute atomic E-state index is 6.47. The Kier molecular flexibility index (Phi) is 7.32. The summed E-state index contributed by atoms with van der Waals surface area (Å²) in [5.41, 5.74) is 9.00. The van der Waals surface area contributed by atoms with Gasteiger partial charge in [0, 0.05) is 39.6 Å². The van der Waals surface area contributed by atoms with Crippen LogP contribution in [0.4, 0.5) is 0 Å². The minimum Gasteiger partial charge on any atom is -0.434 e. The second kappa shape index (κ2) is 12.7. The Hall–Kier alpha value is -7.38. The molecule has 0 unspecified atom stereocenters. The molecule has 53 heavy (non-hydrogen) atoms. The van der Waals surface area contributed by atoms with Gasteiger partial charge >= 0.3 is 0 Å². The Labute approximate surface area is 304 Å². The summed E-state index contributed by atoms with van der Waals surface area (Å²) in [5.74, 6) is 2.41. The van der Waals surface area contributed by atoms with E-state index >= 15 is 0 Å². The van der Waals surface area contributed by atoms with Gasteiger partial charge in [0.1, 0.15) is 11.2 Å². The van der Waals surface area contributed by atoms with E-state index in [1.165, 1.54) is 0 Å². The van der Waals surface area contributed by atoms with Crippen molar-refractivity contribution in [2.75, 3.05) is 0 Å². The predicted molar refractivity (Wildman–Crippen MR) is 211 cm³/mol. The van der Waals surface area contributed by atoms with Gasteiger partial charge in [0.05, 0.1) is 5.39 Å². The number of fused-ring (bicyclic) bond motifs is 4. The molecule has 0 aliphatic carbocycles. The molecule has 0 atom stereocenters. The summed E-state index contributed by atoms with van der Waals surface area (Å²) in [4.78, 5) is 29.7. The topological polar surface area (TPSA) is 90.5 Å². The number of nitrogens with zero attached hydrogens (tertiary/aromatic N) is 6. The third-order valence-electron chi connectivity index (χ3n) is 9.40. The molecular formula is C46H28N6O. The molecule has 0 radical (unpaired) electrons. The number of benzene rings is 6. The van der Waals surface area contributed by atoms with Crippen LogP contribution in [0.1, 0.15) is 0 Å². The molecule has 248 valence electrons. The van der Waals surface area contributed by atoms with Crippen LogP contribution in [-0.2, 0) is 0 Å². The molecule has 4 heterocycles. The summed E-state index contributed by atoms with van der Waals surface area (Å²) in [6.07, 6.45) is 1.84. The lowest BCUT2D eigenvalue weighted by atomic mass is 10.0. The van der Waals surface area contributed by atoms with Crippen LogP contribution in [0, 0.1) is 0 Å². The van der Waals surface area contributed by atoms with Crippen LogP contribution in [0.15, 0.2) is 174 Å². The molecule has 10 rings (SSSR count). The van der Waals surface area contributed by atoms with Crippen LogP contribution in [0.3, 0.4) is 0 Å². The Balaban J connectivity index is 1.13. The van der Waals surface area contributed by atoms with Gasteiger partial charge < -0.3 is 4.42 Å². The highest BCUT2D eigenvalue weighted by atomic mass is 16.3. The Morgan fingerprint density at radius 1 is 0.358 bits per heavy atom. The first-order chi connectivity index (χ1) is 26.2. The van der Waals surface area contributed by atoms with Crippen molar-refractivity contribution in [1.82, 2.24) is 29.9 Å². The van der Waals surface area contributed by atoms with Gasteiger partial charge in [-0.2, -0.15) is 0 Å². The van der Waals surface area contributed by atoms with Crippen molar-refractivity contribution in [3.63, 3.8) is 0 Å². The molecule has 7 nitrogen and oxygen atoms in total. The number of hydrogen-bond acceptors (Lipinski definition) is 7. The number of hydrogen-bond donors (Lipinski definition) is 0. The van der Waals surface area contributed by atoms with E-state index in [-0.39, 0.29) is 0 Å². The second-order valence-corrected chi connectivity index (χ2v) is 12.8. The van der Waals surface area contributed by atoms with Crippen molar-refractivity contribution in [2.45, 2.75) is 0 Å². The van der Waals surface area contributed by atoms with Crippen LogP contribution in [0.2, 0.25) is 0 Å². The van der Waals surface area contributed by atoms with E-state index in [1.54, 1.807) is 0 Å². The molecule has 6 aromatic carbocycles. The summed E-state index contributed by atoms with van der Waals surface area (Å²) in [5, 5.41) is 3.10. The van der Waals surface area contributed by atoms with Gasteiger partial charge in [0.25, 0.3) is 0 Å². The van der Waals surface area contributed by atoms with Gasteiger partial charge in [-0.25, -0.2) is 29.9 Å². The number of rotatable bonds is 6. The molecule has 4 aromatic heterocycles. The fraction of sp³-hybridized carbons (Fsp3) is 0. The Bertz CT molecular complexity index is 2870. The summed E-state index contributed by atoms with van der Waals surface area (Å²) in [6, 6.07) is 55.0. The lowest BCUT2D eigenvalue weighted by Gasteiger charge is -2.10. The number of pyridine rings is 1. The van der Waals surface area contributed by atoms with Gasteiger partial charge in [-0.3, -0.25) is 0 Å². The van der Waals surface area contributed by atoms with Crippen molar-refractivity contribution < 1.29 is 4.42 Å². The molecule has 0 aliphatic heterocycles. The van der Waals surface area contributed by atoms with Crippen molar-refractivity contribution >= 4 is 33.0 Å². The zero-order chi connectivity index (χ0) is 35.1. The fourth-order valence-electron chi connectivity index (χ4n) is 6.69. The molecule has 0 N–H and O–H groups in total. The van der Waals surface area contributed by atoms with Gasteiger partial charge in [-0.05, 0) is 28.5 Å². The average molecular weight is 681 g/mol. The average Bonchev–Trinajstić information content (AvgIpc) is 3.62. The molecule has 10 aromatic rings. The third-order valence-corrected chi connectivity index (χ3v) is 9.40. The first kappa shape index (κ1) is 30.4. The first-order valence-corrected chi connectivity index (χ1v) is 17.4. The van der Waals surface area contributed by atoms with Crippen LogP contribution in [-0.4, -0.2) is 29.9 Å². The molecular weight excluding hydrogens is 653 g/mol. The highest BCUT2D eigenvalue weighted by Gasteiger charge is 2.20. The predicted octanol–water partition coefficient (Wildman–Crippen LogP) is 11.1. The quantitative estimate of drug-likeness (QED) is 0.173. The molecule has 0 bridgehead atoms. The van der Waals surface area contributed by atoms with E-state index in [0.29, 0.717) is 45.8 Å². The Morgan fingerprint density at radius 2 is 0.868 bits per heavy atom. The highest BCUT2D eigenvalue weighted by molar-refractivity contribution is 6.07. The van der Waals surface area contributed by atoms with Crippen LogP contribution < -0.4 is 0 Å². The van der Waals surface area contributed by atoms with Crippen molar-refractivity contribution in [3.8, 4) is 67.9 Å². The molecule has 0 saturated carbocycles. The third kappa shape index (κ3) is 5.66. The molecule has 0 aliphatic rings. The second-order valence-electron chi connectivity index (χ2n) is 12.8. The van der Waals surface area contributed by atoms with Crippen LogP contribution >= 0.6 is 0 Å². The van der Waals surface area contributed by atoms with Crippen LogP contribution in [0.5, 0.6) is 0 Å². The fourth-order valence-corrected chi connectivity index (χ4v) is 6.69. The van der Waals surface area contributed by atoms with E-state index in [9.17, 15) is 0 Å². The van der Waals surface area contributed by atoms with E-state index in [4.69, 9.17) is 34.3 Å². The largest absolute Gasteiger partial charge is 0.434 e. The summed E-state index contributed by atoms with van der Waals surface area (Å²) in [7, 11) is 0. The van der Waals surface area contributed by atoms with Gasteiger partial charge in [-0.15, -0.1) is 0 Å². The normalized spacial score (nSPS) is 11.4. The number of aromatic nitrogens is 6. The number of furan rings is 1. The van der Waals surface area contributed by atoms with E-state index in [2.05, 4.69) is 48.5 Å². The molecule has 0 spiro atoms. The Morgan fingerprint density at radius 3 is 1.51 bits per heavy atom. The van der Waals surface area contributed by atoms with Crippen molar-refractivity contribution in [3.05, 3.63) is 170 Å². The van der Waals surface area contributed by atoms with Gasteiger partial charge in [0.15, 0.2) is 28.9 Å². The van der Waals surface area contributed by atoms with Gasteiger partial charge in [0.2, 0.25) is 5.71 Å². The minimum absolute atomic E-state index is 0.509. The maximum Gasteiger partial charge on any atom is 0.229 e. The van der Waals surface area contributed by atoms with E-state index in [0.717, 1.165) is 55.1 Å². The van der Waals surface area contributed by atoms with Crippen molar-refractivity contribution in [2.24, 2.45) is 0 Å². The summed E-state index contributed by atoms with van der Waals surface area (Å²) >= 11 is 0. The maximum atomic E-state index is 6.47. The smallest absolute Gasteiger partial charge is 0.229 e. The van der Waals surface area contributed by atoms with E-state index in [1.807, 2.05) is 121 Å². The lowest BCUT2D eigenvalue weighted by Crippen LogP contribution is -2.00. The molecule has 0 fully saturated rings. The summed E-state index contributed by atoms with van der Waals surface area (Å²) in [6.45, 7) is 0. The first-order valence-electron chi connectivity index (χ1n) is 17.4. The standard InChI is InChI=1S/C46H28N6O/c1-4-12-29(13-5-1)37-27-38-40-41(53-46(38)47-28-37)39(48-45(49-40)36-25-20-30-14-10-11-19-35(30)26-36)31-21-23-34(24-22-31)44-51-42(32-15-6-2-7-16-32)50-43(52-44)33-17-8-3-9-18-33/h1-28H. The monoisotopic (exact) mass is 680 g/mol. The molecule has 7 heteroatoms. The van der Waals surface area contributed by atoms with E-state index < -0.39 is 0 Å². The molecule has 0 amide bonds. The van der Waals surface area contributed by atoms with Crippen LogP contribution in [0.25, 0.3) is 101 Å². The minimum atomic E-state index is 0.509. The van der Waals surface area contributed by atoms with Crippen molar-refractivity contribution in [1.29, 1.82) is 0 Å². The lowest BCUT2D eigenvalue weighted by molar-refractivity contribution is 0.653. The SMILES string of the molecule is c1ccc(-c2cnc3oc4c(-c5ccc(-c6nc(-c7ccccc7)nc(-c7ccccc7)n6)cc5)nc(-c5ccc6ccccc6c5)nc4c3c2)cc1. The zero-order valence-electron chi connectivity index (χ0n) is 28.3.